The third kappa shape index (κ3) is 4.59. The molecule has 11 heteroatoms. The zero-order valence-corrected chi connectivity index (χ0v) is 19.2. The number of amides is 1. The number of pyridine rings is 1. The summed E-state index contributed by atoms with van der Waals surface area (Å²) in [6, 6.07) is 6.15. The molecule has 0 radical (unpaired) electrons. The molecule has 1 spiro atoms. The number of aliphatic hydroxyl groups excluding tert-OH is 1. The maximum atomic E-state index is 13.5. The number of ether oxygens (including phenoxy) is 1. The lowest BCUT2D eigenvalue weighted by Gasteiger charge is -2.38. The number of nitrogens with zero attached hydrogens (tertiary/aromatic N) is 2. The van der Waals surface area contributed by atoms with E-state index in [9.17, 15) is 28.2 Å². The van der Waals surface area contributed by atoms with Gasteiger partial charge in [0.25, 0.3) is 0 Å². The Hall–Kier alpha value is -2.40. The van der Waals surface area contributed by atoms with Gasteiger partial charge in [-0.3, -0.25) is 14.7 Å². The van der Waals surface area contributed by atoms with Crippen molar-refractivity contribution >= 4 is 23.2 Å². The summed E-state index contributed by atoms with van der Waals surface area (Å²) < 4.78 is 45.9. The van der Waals surface area contributed by atoms with Gasteiger partial charge in [-0.1, -0.05) is 11.6 Å². The van der Waals surface area contributed by atoms with Crippen molar-refractivity contribution in [3.63, 3.8) is 0 Å². The monoisotopic (exact) mass is 499 g/mol. The Morgan fingerprint density at radius 1 is 1.26 bits per heavy atom. The third-order valence-electron chi connectivity index (χ3n) is 6.55. The highest BCUT2D eigenvalue weighted by Crippen LogP contribution is 2.45. The van der Waals surface area contributed by atoms with E-state index >= 15 is 0 Å². The van der Waals surface area contributed by atoms with E-state index in [0.29, 0.717) is 37.5 Å². The number of carbonyl (C=O) groups is 1. The Kier molecular flexibility index (Phi) is 6.54. The van der Waals surface area contributed by atoms with Gasteiger partial charge in [-0.05, 0) is 62.7 Å². The normalized spacial score (nSPS) is 19.6. The third-order valence-corrected chi connectivity index (χ3v) is 6.79. The fourth-order valence-electron chi connectivity index (χ4n) is 4.58. The molecule has 184 valence electrons. The lowest BCUT2D eigenvalue weighted by Crippen LogP contribution is -2.47. The molecule has 1 aromatic carbocycles. The van der Waals surface area contributed by atoms with E-state index in [4.69, 9.17) is 16.3 Å². The molecular formula is C23H25ClF3N3O4. The number of aliphatic hydroxyl groups is 2. The smallest absolute Gasteiger partial charge is 0.418 e. The molecule has 1 fully saturated rings. The SMILES string of the molecule is CC(O)(CO)c1ncc(OCCN2CCC3(CC2)C(=O)Nc2ccc(Cl)cc23)cc1C(F)(F)F. The number of alkyl halides is 3. The molecular weight excluding hydrogens is 475 g/mol. The predicted molar refractivity (Wildman–Crippen MR) is 119 cm³/mol. The zero-order valence-electron chi connectivity index (χ0n) is 18.5. The zero-order chi connectivity index (χ0) is 24.7. The first kappa shape index (κ1) is 24.7. The summed E-state index contributed by atoms with van der Waals surface area (Å²) in [5.41, 5.74) is -2.89. The van der Waals surface area contributed by atoms with Crippen LogP contribution in [-0.2, 0) is 22.0 Å². The first-order valence-corrected chi connectivity index (χ1v) is 11.2. The van der Waals surface area contributed by atoms with Crippen molar-refractivity contribution in [1.82, 2.24) is 9.88 Å². The van der Waals surface area contributed by atoms with Crippen LogP contribution in [0.25, 0.3) is 0 Å². The van der Waals surface area contributed by atoms with E-state index in [1.165, 1.54) is 0 Å². The molecule has 4 rings (SSSR count). The highest BCUT2D eigenvalue weighted by Gasteiger charge is 2.48. The lowest BCUT2D eigenvalue weighted by atomic mass is 9.73. The molecule has 0 bridgehead atoms. The van der Waals surface area contributed by atoms with Crippen LogP contribution in [0, 0.1) is 0 Å². The molecule has 0 saturated carbocycles. The van der Waals surface area contributed by atoms with Gasteiger partial charge in [0.2, 0.25) is 5.91 Å². The number of anilines is 1. The molecule has 0 aliphatic carbocycles. The quantitative estimate of drug-likeness (QED) is 0.564. The van der Waals surface area contributed by atoms with Crippen molar-refractivity contribution < 1.29 is 32.9 Å². The van der Waals surface area contributed by atoms with Crippen LogP contribution in [0.1, 0.15) is 36.6 Å². The average Bonchev–Trinajstić information content (AvgIpc) is 3.05. The second kappa shape index (κ2) is 8.99. The van der Waals surface area contributed by atoms with Gasteiger partial charge in [0.05, 0.1) is 29.5 Å². The van der Waals surface area contributed by atoms with Gasteiger partial charge in [0.1, 0.15) is 18.0 Å². The maximum absolute atomic E-state index is 13.5. The summed E-state index contributed by atoms with van der Waals surface area (Å²) in [5, 5.41) is 22.8. The average molecular weight is 500 g/mol. The Morgan fingerprint density at radius 2 is 1.97 bits per heavy atom. The Bertz CT molecular complexity index is 1090. The lowest BCUT2D eigenvalue weighted by molar-refractivity contribution is -0.142. The molecule has 34 heavy (non-hydrogen) atoms. The van der Waals surface area contributed by atoms with E-state index in [1.54, 1.807) is 12.1 Å². The number of nitrogens with one attached hydrogen (secondary N) is 1. The predicted octanol–water partition coefficient (Wildman–Crippen LogP) is 3.32. The van der Waals surface area contributed by atoms with Crippen LogP contribution >= 0.6 is 11.6 Å². The summed E-state index contributed by atoms with van der Waals surface area (Å²) in [7, 11) is 0. The molecule has 3 N–H and O–H groups in total. The highest BCUT2D eigenvalue weighted by molar-refractivity contribution is 6.31. The van der Waals surface area contributed by atoms with Crippen LogP contribution in [0.15, 0.2) is 30.5 Å². The summed E-state index contributed by atoms with van der Waals surface area (Å²) in [6.45, 7) is 1.97. The van der Waals surface area contributed by atoms with Crippen LogP contribution in [0.5, 0.6) is 5.75 Å². The van der Waals surface area contributed by atoms with Gasteiger partial charge in [-0.15, -0.1) is 0 Å². The summed E-state index contributed by atoms with van der Waals surface area (Å²) in [5.74, 6) is -0.123. The van der Waals surface area contributed by atoms with Crippen molar-refractivity contribution in [2.45, 2.75) is 37.0 Å². The van der Waals surface area contributed by atoms with Gasteiger partial charge in [0.15, 0.2) is 0 Å². The van der Waals surface area contributed by atoms with Gasteiger partial charge < -0.3 is 20.3 Å². The number of carbonyl (C=O) groups excluding carboxylic acids is 1. The molecule has 2 aromatic rings. The summed E-state index contributed by atoms with van der Waals surface area (Å²) in [4.78, 5) is 18.5. The Labute approximate surface area is 199 Å². The minimum absolute atomic E-state index is 0.0368. The summed E-state index contributed by atoms with van der Waals surface area (Å²) >= 11 is 6.14. The molecule has 1 aromatic heterocycles. The second-order valence-electron chi connectivity index (χ2n) is 8.91. The molecule has 7 nitrogen and oxygen atoms in total. The number of aromatic nitrogens is 1. The topological polar surface area (TPSA) is 94.9 Å². The van der Waals surface area contributed by atoms with Crippen molar-refractivity contribution in [3.05, 3.63) is 52.3 Å². The highest BCUT2D eigenvalue weighted by atomic mass is 35.5. The molecule has 1 atom stereocenters. The number of fused-ring (bicyclic) bond motifs is 2. The van der Waals surface area contributed by atoms with Gasteiger partial charge in [-0.2, -0.15) is 13.2 Å². The number of piperidine rings is 1. The largest absolute Gasteiger partial charge is 0.491 e. The van der Waals surface area contributed by atoms with Crippen LogP contribution in [0.2, 0.25) is 5.02 Å². The van der Waals surface area contributed by atoms with E-state index in [1.807, 2.05) is 6.07 Å². The number of hydrogen-bond donors (Lipinski definition) is 3. The van der Waals surface area contributed by atoms with Gasteiger partial charge in [-0.25, -0.2) is 0 Å². The number of hydrogen-bond acceptors (Lipinski definition) is 6. The van der Waals surface area contributed by atoms with E-state index in [2.05, 4.69) is 15.2 Å². The van der Waals surface area contributed by atoms with Crippen LogP contribution in [0.4, 0.5) is 18.9 Å². The maximum Gasteiger partial charge on any atom is 0.418 e. The van der Waals surface area contributed by atoms with Gasteiger partial charge >= 0.3 is 6.18 Å². The van der Waals surface area contributed by atoms with Crippen molar-refractivity contribution in [3.8, 4) is 5.75 Å². The Balaban J connectivity index is 1.38. The molecule has 2 aliphatic heterocycles. The van der Waals surface area contributed by atoms with Crippen LogP contribution in [0.3, 0.4) is 0 Å². The molecule has 1 amide bonds. The standard InChI is InChI=1S/C23H25ClF3N3O4/c1-21(33,13-31)19-17(23(25,26)27)11-15(12-28-19)34-9-8-30-6-4-22(5-7-30)16-10-14(24)2-3-18(16)29-20(22)32/h2-3,10-12,31,33H,4-9,13H2,1H3,(H,29,32). The number of likely N-dealkylation sites (tertiary alicyclic amines) is 1. The summed E-state index contributed by atoms with van der Waals surface area (Å²) in [6.07, 6.45) is -2.49. The molecule has 1 unspecified atom stereocenters. The molecule has 3 heterocycles. The number of rotatable bonds is 6. The fraction of sp³-hybridized carbons (Fsp3) is 0.478. The molecule has 2 aliphatic rings. The van der Waals surface area contributed by atoms with Crippen molar-refractivity contribution in [2.75, 3.05) is 38.2 Å². The Morgan fingerprint density at radius 3 is 2.62 bits per heavy atom. The first-order valence-electron chi connectivity index (χ1n) is 10.8. The van der Waals surface area contributed by atoms with E-state index < -0.39 is 35.1 Å². The van der Waals surface area contributed by atoms with Gasteiger partial charge in [0, 0.05) is 17.3 Å². The second-order valence-corrected chi connectivity index (χ2v) is 9.35. The fourth-order valence-corrected chi connectivity index (χ4v) is 4.75. The van der Waals surface area contributed by atoms with Crippen LogP contribution < -0.4 is 10.1 Å². The minimum atomic E-state index is -4.77. The minimum Gasteiger partial charge on any atom is -0.491 e. The first-order chi connectivity index (χ1) is 16.0. The van der Waals surface area contributed by atoms with E-state index in [0.717, 1.165) is 30.4 Å². The molecule has 1 saturated heterocycles. The van der Waals surface area contributed by atoms with Crippen LogP contribution in [-0.4, -0.2) is 58.9 Å². The number of benzene rings is 1. The number of halogens is 4. The van der Waals surface area contributed by atoms with E-state index in [-0.39, 0.29) is 18.3 Å². The van der Waals surface area contributed by atoms with Crippen molar-refractivity contribution in [1.29, 1.82) is 0 Å². The van der Waals surface area contributed by atoms with Crippen molar-refractivity contribution in [2.24, 2.45) is 0 Å².